The molecule has 1 fully saturated rings. The minimum atomic E-state index is -0.373. The molecular weight excluding hydrogens is 198 g/mol. The summed E-state index contributed by atoms with van der Waals surface area (Å²) in [5.74, 6) is 0.669. The van der Waals surface area contributed by atoms with Gasteiger partial charge in [0.25, 0.3) is 0 Å². The van der Waals surface area contributed by atoms with Gasteiger partial charge in [0.15, 0.2) is 0 Å². The van der Waals surface area contributed by atoms with Gasteiger partial charge in [0.05, 0.1) is 6.10 Å². The van der Waals surface area contributed by atoms with Gasteiger partial charge in [-0.05, 0) is 36.9 Å². The minimum absolute atomic E-state index is 0.373. The number of hydrogen-bond acceptors (Lipinski definition) is 2. The molecule has 0 amide bonds. The SMILES string of the molecule is CNCC(O)c1ccccc1C1CCCC1. The Labute approximate surface area is 97.7 Å². The molecule has 0 aliphatic heterocycles. The third-order valence-electron chi connectivity index (χ3n) is 3.55. The van der Waals surface area contributed by atoms with Crippen LogP contribution in [0.2, 0.25) is 0 Å². The van der Waals surface area contributed by atoms with Crippen LogP contribution in [0.5, 0.6) is 0 Å². The highest BCUT2D eigenvalue weighted by atomic mass is 16.3. The zero-order valence-corrected chi connectivity index (χ0v) is 9.95. The van der Waals surface area contributed by atoms with E-state index in [1.807, 2.05) is 13.1 Å². The second-order valence-corrected chi connectivity index (χ2v) is 4.68. The Bertz CT molecular complexity index is 331. The van der Waals surface area contributed by atoms with E-state index in [0.29, 0.717) is 12.5 Å². The molecule has 0 radical (unpaired) electrons. The lowest BCUT2D eigenvalue weighted by atomic mass is 9.90. The maximum absolute atomic E-state index is 10.1. The highest BCUT2D eigenvalue weighted by molar-refractivity contribution is 5.33. The smallest absolute Gasteiger partial charge is 0.0917 e. The van der Waals surface area contributed by atoms with Gasteiger partial charge in [0.2, 0.25) is 0 Å². The number of nitrogens with one attached hydrogen (secondary N) is 1. The Morgan fingerprint density at radius 1 is 1.31 bits per heavy atom. The molecule has 1 atom stereocenters. The molecule has 1 aromatic carbocycles. The lowest BCUT2D eigenvalue weighted by molar-refractivity contribution is 0.176. The van der Waals surface area contributed by atoms with E-state index in [1.165, 1.54) is 31.2 Å². The van der Waals surface area contributed by atoms with Crippen LogP contribution >= 0.6 is 0 Å². The van der Waals surface area contributed by atoms with Gasteiger partial charge in [-0.15, -0.1) is 0 Å². The van der Waals surface area contributed by atoms with E-state index in [4.69, 9.17) is 0 Å². The fourth-order valence-electron chi connectivity index (χ4n) is 2.73. The van der Waals surface area contributed by atoms with E-state index in [9.17, 15) is 5.11 Å². The first-order chi connectivity index (χ1) is 7.83. The molecule has 1 unspecified atom stereocenters. The molecule has 2 nitrogen and oxygen atoms in total. The Morgan fingerprint density at radius 3 is 2.69 bits per heavy atom. The normalized spacial score (nSPS) is 18.9. The van der Waals surface area contributed by atoms with Crippen molar-refractivity contribution in [1.29, 1.82) is 0 Å². The van der Waals surface area contributed by atoms with Crippen molar-refractivity contribution in [2.45, 2.75) is 37.7 Å². The highest BCUT2D eigenvalue weighted by Crippen LogP contribution is 2.37. The van der Waals surface area contributed by atoms with Crippen molar-refractivity contribution < 1.29 is 5.11 Å². The van der Waals surface area contributed by atoms with Gasteiger partial charge in [-0.2, -0.15) is 0 Å². The van der Waals surface area contributed by atoms with Crippen molar-refractivity contribution >= 4 is 0 Å². The highest BCUT2D eigenvalue weighted by Gasteiger charge is 2.21. The third-order valence-corrected chi connectivity index (χ3v) is 3.55. The van der Waals surface area contributed by atoms with Gasteiger partial charge >= 0.3 is 0 Å². The summed E-state index contributed by atoms with van der Waals surface area (Å²) < 4.78 is 0. The molecule has 0 aromatic heterocycles. The van der Waals surface area contributed by atoms with Gasteiger partial charge in [-0.3, -0.25) is 0 Å². The summed E-state index contributed by atoms with van der Waals surface area (Å²) in [4.78, 5) is 0. The molecule has 1 aliphatic rings. The Balaban J connectivity index is 2.22. The van der Waals surface area contributed by atoms with Crippen molar-refractivity contribution in [3.8, 4) is 0 Å². The molecule has 2 N–H and O–H groups in total. The van der Waals surface area contributed by atoms with Crippen LogP contribution in [0.1, 0.15) is 48.8 Å². The minimum Gasteiger partial charge on any atom is -0.387 e. The van der Waals surface area contributed by atoms with E-state index in [-0.39, 0.29) is 6.10 Å². The van der Waals surface area contributed by atoms with Crippen LogP contribution in [0, 0.1) is 0 Å². The molecule has 2 heteroatoms. The van der Waals surface area contributed by atoms with E-state index in [2.05, 4.69) is 23.5 Å². The average molecular weight is 219 g/mol. The second kappa shape index (κ2) is 5.46. The Morgan fingerprint density at radius 2 is 2.00 bits per heavy atom. The Hall–Kier alpha value is -0.860. The topological polar surface area (TPSA) is 32.3 Å². The van der Waals surface area contributed by atoms with Gasteiger partial charge in [-0.1, -0.05) is 37.1 Å². The molecule has 16 heavy (non-hydrogen) atoms. The van der Waals surface area contributed by atoms with Crippen molar-refractivity contribution in [1.82, 2.24) is 5.32 Å². The molecule has 0 bridgehead atoms. The van der Waals surface area contributed by atoms with Gasteiger partial charge in [0.1, 0.15) is 0 Å². The predicted molar refractivity (Wildman–Crippen MR) is 66.5 cm³/mol. The maximum atomic E-state index is 10.1. The number of hydrogen-bond donors (Lipinski definition) is 2. The molecule has 0 saturated heterocycles. The quantitative estimate of drug-likeness (QED) is 0.816. The van der Waals surface area contributed by atoms with Crippen molar-refractivity contribution in [3.63, 3.8) is 0 Å². The third kappa shape index (κ3) is 2.45. The molecule has 88 valence electrons. The molecule has 0 heterocycles. The van der Waals surface area contributed by atoms with Crippen LogP contribution in [0.15, 0.2) is 24.3 Å². The largest absolute Gasteiger partial charge is 0.387 e. The predicted octanol–water partition coefficient (Wildman–Crippen LogP) is 2.60. The fraction of sp³-hybridized carbons (Fsp3) is 0.571. The zero-order chi connectivity index (χ0) is 11.4. The lowest BCUT2D eigenvalue weighted by Crippen LogP contribution is -2.18. The van der Waals surface area contributed by atoms with Crippen molar-refractivity contribution in [2.24, 2.45) is 0 Å². The van der Waals surface area contributed by atoms with Crippen molar-refractivity contribution in [2.75, 3.05) is 13.6 Å². The summed E-state index contributed by atoms with van der Waals surface area (Å²) in [7, 11) is 1.88. The summed E-state index contributed by atoms with van der Waals surface area (Å²) in [5, 5.41) is 13.1. The zero-order valence-electron chi connectivity index (χ0n) is 9.95. The van der Waals surface area contributed by atoms with E-state index in [0.717, 1.165) is 5.56 Å². The number of benzene rings is 1. The first kappa shape index (κ1) is 11.6. The van der Waals surface area contributed by atoms with Gasteiger partial charge in [0, 0.05) is 6.54 Å². The van der Waals surface area contributed by atoms with Crippen LogP contribution in [0.25, 0.3) is 0 Å². The number of aliphatic hydroxyl groups is 1. The van der Waals surface area contributed by atoms with E-state index >= 15 is 0 Å². The molecule has 2 rings (SSSR count). The Kier molecular flexibility index (Phi) is 3.97. The molecule has 1 aliphatic carbocycles. The standard InChI is InChI=1S/C14H21NO/c1-15-10-14(16)13-9-5-4-8-12(13)11-6-2-3-7-11/h4-5,8-9,11,14-16H,2-3,6-7,10H2,1H3. The number of rotatable bonds is 4. The molecule has 0 spiro atoms. The first-order valence-electron chi connectivity index (χ1n) is 6.24. The second-order valence-electron chi connectivity index (χ2n) is 4.68. The lowest BCUT2D eigenvalue weighted by Gasteiger charge is -2.19. The monoisotopic (exact) mass is 219 g/mol. The van der Waals surface area contributed by atoms with E-state index < -0.39 is 0 Å². The van der Waals surface area contributed by atoms with Crippen LogP contribution in [-0.2, 0) is 0 Å². The summed E-state index contributed by atoms with van der Waals surface area (Å²) in [5.41, 5.74) is 2.48. The maximum Gasteiger partial charge on any atom is 0.0917 e. The summed E-state index contributed by atoms with van der Waals surface area (Å²) in [6.07, 6.45) is 4.86. The first-order valence-corrected chi connectivity index (χ1v) is 6.24. The van der Waals surface area contributed by atoms with Gasteiger partial charge < -0.3 is 10.4 Å². The van der Waals surface area contributed by atoms with Crippen molar-refractivity contribution in [3.05, 3.63) is 35.4 Å². The number of likely N-dealkylation sites (N-methyl/N-ethyl adjacent to an activating group) is 1. The molecular formula is C14H21NO. The van der Waals surface area contributed by atoms with Crippen LogP contribution in [0.3, 0.4) is 0 Å². The molecule has 1 saturated carbocycles. The molecule has 1 aromatic rings. The van der Waals surface area contributed by atoms with Crippen LogP contribution in [0.4, 0.5) is 0 Å². The van der Waals surface area contributed by atoms with Gasteiger partial charge in [-0.25, -0.2) is 0 Å². The van der Waals surface area contributed by atoms with Crippen LogP contribution in [-0.4, -0.2) is 18.7 Å². The fourth-order valence-corrected chi connectivity index (χ4v) is 2.73. The summed E-state index contributed by atoms with van der Waals surface area (Å²) >= 11 is 0. The van der Waals surface area contributed by atoms with Crippen LogP contribution < -0.4 is 5.32 Å². The van der Waals surface area contributed by atoms with E-state index in [1.54, 1.807) is 0 Å². The summed E-state index contributed by atoms with van der Waals surface area (Å²) in [6.45, 7) is 0.629. The average Bonchev–Trinajstić information content (AvgIpc) is 2.83. The number of aliphatic hydroxyl groups excluding tert-OH is 1. The summed E-state index contributed by atoms with van der Waals surface area (Å²) in [6, 6.07) is 8.36.